The number of pyridine rings is 1. The standard InChI is InChI=1S/C20H23N5O3S/c1-21-16-4-3-13(10-22-16)18-23-14-9-15(20(26-2)11-28-12-20)29-17(14)19(24-18)25-5-7-27-8-6-25/h3-4,9-10H,5-8,11-12H2,1-2H3,(H,21,22). The number of aromatic nitrogens is 3. The Bertz CT molecular complexity index is 1010. The van der Waals surface area contributed by atoms with Gasteiger partial charge in [-0.05, 0) is 18.2 Å². The summed E-state index contributed by atoms with van der Waals surface area (Å²) in [6.45, 7) is 4.17. The summed E-state index contributed by atoms with van der Waals surface area (Å²) >= 11 is 1.70. The van der Waals surface area contributed by atoms with Gasteiger partial charge in [-0.3, -0.25) is 0 Å². The van der Waals surface area contributed by atoms with Gasteiger partial charge in [-0.15, -0.1) is 11.3 Å². The normalized spacial score (nSPS) is 18.6. The Morgan fingerprint density at radius 2 is 2.00 bits per heavy atom. The molecule has 0 unspecified atom stereocenters. The summed E-state index contributed by atoms with van der Waals surface area (Å²) in [5.74, 6) is 2.44. The first-order valence-electron chi connectivity index (χ1n) is 9.64. The second-order valence-electron chi connectivity index (χ2n) is 7.17. The molecule has 3 aromatic rings. The highest BCUT2D eigenvalue weighted by Crippen LogP contribution is 2.42. The predicted molar refractivity (Wildman–Crippen MR) is 113 cm³/mol. The average Bonchev–Trinajstić information content (AvgIpc) is 3.17. The quantitative estimate of drug-likeness (QED) is 0.683. The van der Waals surface area contributed by atoms with Crippen LogP contribution in [0.1, 0.15) is 4.88 Å². The molecule has 0 radical (unpaired) electrons. The molecule has 29 heavy (non-hydrogen) atoms. The summed E-state index contributed by atoms with van der Waals surface area (Å²) in [7, 11) is 3.59. The SMILES string of the molecule is CNc1ccc(-c2nc(N3CCOCC3)c3sc(C4(OC)COC4)cc3n2)cn1. The summed E-state index contributed by atoms with van der Waals surface area (Å²) in [5, 5.41) is 3.04. The third kappa shape index (κ3) is 3.24. The summed E-state index contributed by atoms with van der Waals surface area (Å²) < 4.78 is 17.9. The predicted octanol–water partition coefficient (Wildman–Crippen LogP) is 2.50. The molecule has 0 spiro atoms. The molecule has 2 aliphatic rings. The fourth-order valence-corrected chi connectivity index (χ4v) is 4.83. The van der Waals surface area contributed by atoms with Gasteiger partial charge < -0.3 is 24.4 Å². The second-order valence-corrected chi connectivity index (χ2v) is 8.22. The van der Waals surface area contributed by atoms with Crippen LogP contribution in [0.25, 0.3) is 21.6 Å². The summed E-state index contributed by atoms with van der Waals surface area (Å²) in [5.41, 5.74) is 1.45. The Balaban J connectivity index is 1.64. The van der Waals surface area contributed by atoms with E-state index in [1.54, 1.807) is 24.6 Å². The first-order valence-corrected chi connectivity index (χ1v) is 10.5. The second kappa shape index (κ2) is 7.49. The average molecular weight is 414 g/mol. The molecule has 0 saturated carbocycles. The third-order valence-electron chi connectivity index (χ3n) is 5.45. The van der Waals surface area contributed by atoms with Gasteiger partial charge in [-0.2, -0.15) is 0 Å². The smallest absolute Gasteiger partial charge is 0.163 e. The summed E-state index contributed by atoms with van der Waals surface area (Å²) in [6, 6.07) is 6.05. The van der Waals surface area contributed by atoms with Gasteiger partial charge in [-0.1, -0.05) is 0 Å². The van der Waals surface area contributed by atoms with E-state index < -0.39 is 0 Å². The number of fused-ring (bicyclic) bond motifs is 1. The summed E-state index contributed by atoms with van der Waals surface area (Å²) in [6.07, 6.45) is 1.81. The van der Waals surface area contributed by atoms with Crippen LogP contribution < -0.4 is 10.2 Å². The molecule has 0 aliphatic carbocycles. The molecule has 0 bridgehead atoms. The van der Waals surface area contributed by atoms with Crippen molar-refractivity contribution >= 4 is 33.2 Å². The number of hydrogen-bond donors (Lipinski definition) is 1. The van der Waals surface area contributed by atoms with Gasteiger partial charge in [0, 0.05) is 43.9 Å². The highest BCUT2D eigenvalue weighted by atomic mass is 32.1. The summed E-state index contributed by atoms with van der Waals surface area (Å²) in [4.78, 5) is 17.6. The molecule has 2 saturated heterocycles. The largest absolute Gasteiger partial charge is 0.378 e. The van der Waals surface area contributed by atoms with Gasteiger partial charge in [0.1, 0.15) is 11.4 Å². The molecule has 2 aliphatic heterocycles. The minimum Gasteiger partial charge on any atom is -0.378 e. The number of methoxy groups -OCH3 is 1. The van der Waals surface area contributed by atoms with Crippen molar-refractivity contribution in [1.82, 2.24) is 15.0 Å². The van der Waals surface area contributed by atoms with Gasteiger partial charge in [0.25, 0.3) is 0 Å². The van der Waals surface area contributed by atoms with E-state index in [0.717, 1.165) is 45.4 Å². The Hall–Kier alpha value is -2.33. The number of rotatable bonds is 5. The van der Waals surface area contributed by atoms with E-state index in [0.29, 0.717) is 32.3 Å². The zero-order chi connectivity index (χ0) is 19.8. The molecule has 9 heteroatoms. The molecule has 5 rings (SSSR count). The number of nitrogens with zero attached hydrogens (tertiary/aromatic N) is 4. The number of anilines is 2. The zero-order valence-corrected chi connectivity index (χ0v) is 17.3. The maximum Gasteiger partial charge on any atom is 0.163 e. The van der Waals surface area contributed by atoms with E-state index in [2.05, 4.69) is 21.3 Å². The topological polar surface area (TPSA) is 81.6 Å². The van der Waals surface area contributed by atoms with Crippen LogP contribution in [0.5, 0.6) is 0 Å². The number of thiophene rings is 1. The monoisotopic (exact) mass is 413 g/mol. The number of ether oxygens (including phenoxy) is 3. The van der Waals surface area contributed by atoms with Crippen molar-refractivity contribution in [3.05, 3.63) is 29.3 Å². The van der Waals surface area contributed by atoms with Crippen molar-refractivity contribution in [2.24, 2.45) is 0 Å². The van der Waals surface area contributed by atoms with Crippen LogP contribution in [0.4, 0.5) is 11.6 Å². The van der Waals surface area contributed by atoms with Gasteiger partial charge in [0.2, 0.25) is 0 Å². The van der Waals surface area contributed by atoms with Gasteiger partial charge >= 0.3 is 0 Å². The van der Waals surface area contributed by atoms with E-state index in [4.69, 9.17) is 24.2 Å². The van der Waals surface area contributed by atoms with Crippen LogP contribution in [0.2, 0.25) is 0 Å². The molecule has 152 valence electrons. The molecule has 8 nitrogen and oxygen atoms in total. The lowest BCUT2D eigenvalue weighted by Gasteiger charge is -2.39. The lowest BCUT2D eigenvalue weighted by Crippen LogP contribution is -2.47. The molecule has 2 fully saturated rings. The Kier molecular flexibility index (Phi) is 4.83. The molecule has 0 amide bonds. The fourth-order valence-electron chi connectivity index (χ4n) is 3.58. The van der Waals surface area contributed by atoms with E-state index in [1.807, 2.05) is 19.2 Å². The molecule has 0 aromatic carbocycles. The lowest BCUT2D eigenvalue weighted by molar-refractivity contribution is -0.200. The van der Waals surface area contributed by atoms with E-state index in [1.165, 1.54) is 0 Å². The Morgan fingerprint density at radius 1 is 1.17 bits per heavy atom. The van der Waals surface area contributed by atoms with Crippen molar-refractivity contribution in [2.45, 2.75) is 5.60 Å². The van der Waals surface area contributed by atoms with Gasteiger partial charge in [0.05, 0.1) is 36.6 Å². The first kappa shape index (κ1) is 18.7. The molecule has 0 atom stereocenters. The number of hydrogen-bond acceptors (Lipinski definition) is 9. The van der Waals surface area contributed by atoms with E-state index >= 15 is 0 Å². The maximum absolute atomic E-state index is 5.80. The fraction of sp³-hybridized carbons (Fsp3) is 0.450. The van der Waals surface area contributed by atoms with Gasteiger partial charge in [0.15, 0.2) is 11.6 Å². The number of morpholine rings is 1. The van der Waals surface area contributed by atoms with Crippen LogP contribution in [0.3, 0.4) is 0 Å². The van der Waals surface area contributed by atoms with Crippen molar-refractivity contribution < 1.29 is 14.2 Å². The maximum atomic E-state index is 5.80. The van der Waals surface area contributed by atoms with Crippen molar-refractivity contribution in [2.75, 3.05) is 63.9 Å². The first-order chi connectivity index (χ1) is 14.2. The molecule has 3 aromatic heterocycles. The van der Waals surface area contributed by atoms with Crippen molar-refractivity contribution in [1.29, 1.82) is 0 Å². The highest BCUT2D eigenvalue weighted by Gasteiger charge is 2.42. The Labute approximate surface area is 172 Å². The number of nitrogens with one attached hydrogen (secondary N) is 1. The van der Waals surface area contributed by atoms with E-state index in [9.17, 15) is 0 Å². The van der Waals surface area contributed by atoms with Crippen LogP contribution in [0, 0.1) is 0 Å². The van der Waals surface area contributed by atoms with Crippen molar-refractivity contribution in [3.8, 4) is 11.4 Å². The minimum absolute atomic E-state index is 0.371. The van der Waals surface area contributed by atoms with Crippen LogP contribution in [-0.2, 0) is 19.8 Å². The molecular weight excluding hydrogens is 390 g/mol. The molecular formula is C20H23N5O3S. The van der Waals surface area contributed by atoms with Crippen molar-refractivity contribution in [3.63, 3.8) is 0 Å². The van der Waals surface area contributed by atoms with Crippen LogP contribution in [0.15, 0.2) is 24.4 Å². The Morgan fingerprint density at radius 3 is 2.62 bits per heavy atom. The molecule has 5 heterocycles. The van der Waals surface area contributed by atoms with Crippen LogP contribution >= 0.6 is 11.3 Å². The lowest BCUT2D eigenvalue weighted by atomic mass is 10.00. The minimum atomic E-state index is -0.371. The molecule has 1 N–H and O–H groups in total. The highest BCUT2D eigenvalue weighted by molar-refractivity contribution is 7.19. The van der Waals surface area contributed by atoms with Crippen LogP contribution in [-0.4, -0.2) is 68.6 Å². The van der Waals surface area contributed by atoms with Gasteiger partial charge in [-0.25, -0.2) is 15.0 Å². The zero-order valence-electron chi connectivity index (χ0n) is 16.5. The van der Waals surface area contributed by atoms with E-state index in [-0.39, 0.29) is 5.60 Å². The third-order valence-corrected chi connectivity index (χ3v) is 6.76.